The number of ether oxygens (including phenoxy) is 2. The zero-order valence-corrected chi connectivity index (χ0v) is 43.7. The standard InChI is InChI=1S/C54H108NO7P/c1-6-8-10-12-14-16-18-20-22-23-24-25-26-27-28-29-30-31-32-34-36-38-40-42-44-46-49-59-51-53(52-61-63(57,58)60-50-48-55(3,4)5)62-54(56)47-45-43-41-39-37-35-33-21-19-17-15-13-11-9-7-2/h21,33,53H,6-20,22-32,34-52H2,1-5H3/p+1/b33-21-. The number of hydrogen-bond acceptors (Lipinski definition) is 6. The Bertz CT molecular complexity index is 1020. The Labute approximate surface area is 392 Å². The molecule has 1 N–H and O–H groups in total. The molecule has 2 atom stereocenters. The number of unbranched alkanes of at least 4 members (excludes halogenated alkanes) is 36. The van der Waals surface area contributed by atoms with E-state index in [2.05, 4.69) is 26.0 Å². The number of hydrogen-bond donors (Lipinski definition) is 1. The molecular weight excluding hydrogens is 806 g/mol. The number of esters is 1. The Balaban J connectivity index is 4.00. The third-order valence-corrected chi connectivity index (χ3v) is 13.3. The molecule has 0 aliphatic heterocycles. The molecule has 0 spiro atoms. The van der Waals surface area contributed by atoms with Crippen molar-refractivity contribution in [2.24, 2.45) is 0 Å². The molecule has 9 heteroatoms. The first-order chi connectivity index (χ1) is 30.6. The monoisotopic (exact) mass is 915 g/mol. The molecular formula is C54H109NO7P+. The van der Waals surface area contributed by atoms with Crippen LogP contribution in [-0.2, 0) is 27.9 Å². The van der Waals surface area contributed by atoms with Crippen molar-refractivity contribution in [1.82, 2.24) is 0 Å². The van der Waals surface area contributed by atoms with Crippen molar-refractivity contribution in [2.75, 3.05) is 54.1 Å². The molecule has 0 bridgehead atoms. The van der Waals surface area contributed by atoms with Gasteiger partial charge in [-0.2, -0.15) is 0 Å². The number of phosphoric acid groups is 1. The molecule has 0 saturated heterocycles. The number of quaternary nitrogens is 1. The van der Waals surface area contributed by atoms with Crippen LogP contribution in [-0.4, -0.2) is 75.6 Å². The number of allylic oxidation sites excluding steroid dienone is 2. The van der Waals surface area contributed by atoms with Crippen LogP contribution in [0.3, 0.4) is 0 Å². The van der Waals surface area contributed by atoms with Crippen LogP contribution in [0.1, 0.15) is 271 Å². The summed E-state index contributed by atoms with van der Waals surface area (Å²) in [5, 5.41) is 0. The third kappa shape index (κ3) is 52.1. The Kier molecular flexibility index (Phi) is 47.1. The highest BCUT2D eigenvalue weighted by atomic mass is 31.2. The summed E-state index contributed by atoms with van der Waals surface area (Å²) in [6, 6.07) is 0. The topological polar surface area (TPSA) is 91.3 Å². The van der Waals surface area contributed by atoms with E-state index >= 15 is 0 Å². The van der Waals surface area contributed by atoms with Crippen LogP contribution in [0, 0.1) is 0 Å². The normalized spacial score (nSPS) is 13.6. The molecule has 0 aromatic rings. The van der Waals surface area contributed by atoms with E-state index in [4.69, 9.17) is 18.5 Å². The Hall–Kier alpha value is -0.760. The van der Waals surface area contributed by atoms with E-state index in [0.717, 1.165) is 38.5 Å². The van der Waals surface area contributed by atoms with Crippen LogP contribution in [0.4, 0.5) is 0 Å². The Morgan fingerprint density at radius 1 is 0.476 bits per heavy atom. The summed E-state index contributed by atoms with van der Waals surface area (Å²) in [6.07, 6.45) is 55.6. The van der Waals surface area contributed by atoms with Gasteiger partial charge >= 0.3 is 13.8 Å². The maximum absolute atomic E-state index is 12.7. The van der Waals surface area contributed by atoms with Crippen LogP contribution in [0.2, 0.25) is 0 Å². The highest BCUT2D eigenvalue weighted by molar-refractivity contribution is 7.47. The molecule has 0 saturated carbocycles. The molecule has 0 radical (unpaired) electrons. The first kappa shape index (κ1) is 62.2. The molecule has 0 aromatic heterocycles. The summed E-state index contributed by atoms with van der Waals surface area (Å²) < 4.78 is 35.2. The first-order valence-corrected chi connectivity index (χ1v) is 28.9. The van der Waals surface area contributed by atoms with Crippen molar-refractivity contribution >= 4 is 13.8 Å². The molecule has 8 nitrogen and oxygen atoms in total. The zero-order valence-electron chi connectivity index (χ0n) is 42.8. The molecule has 0 amide bonds. The second-order valence-corrected chi connectivity index (χ2v) is 21.4. The molecule has 0 rings (SSSR count). The number of likely N-dealkylation sites (N-methyl/N-ethyl adjacent to an activating group) is 1. The smallest absolute Gasteiger partial charge is 0.457 e. The predicted molar refractivity (Wildman–Crippen MR) is 270 cm³/mol. The second-order valence-electron chi connectivity index (χ2n) is 20.0. The molecule has 0 aliphatic rings. The average Bonchev–Trinajstić information content (AvgIpc) is 3.24. The van der Waals surface area contributed by atoms with Crippen LogP contribution < -0.4 is 0 Å². The molecule has 0 aromatic carbocycles. The van der Waals surface area contributed by atoms with Crippen LogP contribution in [0.15, 0.2) is 12.2 Å². The quantitative estimate of drug-likeness (QED) is 0.0214. The van der Waals surface area contributed by atoms with Gasteiger partial charge in [0, 0.05) is 13.0 Å². The highest BCUT2D eigenvalue weighted by Gasteiger charge is 2.26. The minimum absolute atomic E-state index is 0.0906. The van der Waals surface area contributed by atoms with Crippen molar-refractivity contribution in [3.63, 3.8) is 0 Å². The van der Waals surface area contributed by atoms with Crippen molar-refractivity contribution in [3.05, 3.63) is 12.2 Å². The van der Waals surface area contributed by atoms with Gasteiger partial charge in [0.05, 0.1) is 34.4 Å². The summed E-state index contributed by atoms with van der Waals surface area (Å²) in [5.41, 5.74) is 0. The number of rotatable bonds is 52. The van der Waals surface area contributed by atoms with Crippen molar-refractivity contribution in [3.8, 4) is 0 Å². The molecule has 0 heterocycles. The van der Waals surface area contributed by atoms with E-state index in [0.29, 0.717) is 24.1 Å². The van der Waals surface area contributed by atoms with Gasteiger partial charge in [-0.1, -0.05) is 238 Å². The van der Waals surface area contributed by atoms with E-state index in [9.17, 15) is 14.3 Å². The van der Waals surface area contributed by atoms with Crippen LogP contribution in [0.5, 0.6) is 0 Å². The van der Waals surface area contributed by atoms with Gasteiger partial charge in [0.15, 0.2) is 0 Å². The van der Waals surface area contributed by atoms with Gasteiger partial charge in [-0.05, 0) is 38.5 Å². The SMILES string of the molecule is CCCCCCCC/C=C\CCCCCCCC(=O)OC(COCCCCCCCCCCCCCCCCCCCCCCCCCCCC)COP(=O)(O)OCC[N+](C)(C)C. The largest absolute Gasteiger partial charge is 0.472 e. The minimum atomic E-state index is -4.28. The van der Waals surface area contributed by atoms with Crippen molar-refractivity contribution < 1.29 is 37.3 Å². The molecule has 2 unspecified atom stereocenters. The molecule has 0 fully saturated rings. The summed E-state index contributed by atoms with van der Waals surface area (Å²) >= 11 is 0. The van der Waals surface area contributed by atoms with Crippen LogP contribution in [0.25, 0.3) is 0 Å². The van der Waals surface area contributed by atoms with E-state index in [-0.39, 0.29) is 25.8 Å². The number of phosphoric ester groups is 1. The fourth-order valence-electron chi connectivity index (χ4n) is 8.08. The summed E-state index contributed by atoms with van der Waals surface area (Å²) in [7, 11) is 1.68. The number of nitrogens with zero attached hydrogens (tertiary/aromatic N) is 1. The molecule has 63 heavy (non-hydrogen) atoms. The first-order valence-electron chi connectivity index (χ1n) is 27.4. The van der Waals surface area contributed by atoms with Gasteiger partial charge < -0.3 is 18.9 Å². The molecule has 376 valence electrons. The molecule has 0 aliphatic carbocycles. The minimum Gasteiger partial charge on any atom is -0.457 e. The fraction of sp³-hybridized carbons (Fsp3) is 0.944. The lowest BCUT2D eigenvalue weighted by Crippen LogP contribution is -2.37. The Morgan fingerprint density at radius 3 is 1.21 bits per heavy atom. The van der Waals surface area contributed by atoms with E-state index < -0.39 is 13.9 Å². The maximum Gasteiger partial charge on any atom is 0.472 e. The average molecular weight is 915 g/mol. The van der Waals surface area contributed by atoms with Crippen molar-refractivity contribution in [1.29, 1.82) is 0 Å². The van der Waals surface area contributed by atoms with E-state index in [1.807, 2.05) is 21.1 Å². The third-order valence-electron chi connectivity index (χ3n) is 12.3. The van der Waals surface area contributed by atoms with Gasteiger partial charge in [0.2, 0.25) is 0 Å². The number of carbonyl (C=O) groups excluding carboxylic acids is 1. The zero-order chi connectivity index (χ0) is 46.2. The maximum atomic E-state index is 12.7. The predicted octanol–water partition coefficient (Wildman–Crippen LogP) is 17.0. The number of carbonyl (C=O) groups is 1. The van der Waals surface area contributed by atoms with Gasteiger partial charge in [-0.3, -0.25) is 13.8 Å². The lowest BCUT2D eigenvalue weighted by molar-refractivity contribution is -0.870. The lowest BCUT2D eigenvalue weighted by Gasteiger charge is -2.24. The van der Waals surface area contributed by atoms with Gasteiger partial charge in [0.1, 0.15) is 19.3 Å². The van der Waals surface area contributed by atoms with E-state index in [1.165, 1.54) is 212 Å². The fourth-order valence-corrected chi connectivity index (χ4v) is 8.82. The lowest BCUT2D eigenvalue weighted by atomic mass is 10.0. The van der Waals surface area contributed by atoms with Gasteiger partial charge in [-0.15, -0.1) is 0 Å². The second kappa shape index (κ2) is 47.7. The summed E-state index contributed by atoms with van der Waals surface area (Å²) in [6.45, 7) is 5.67. The highest BCUT2D eigenvalue weighted by Crippen LogP contribution is 2.43. The van der Waals surface area contributed by atoms with E-state index in [1.54, 1.807) is 0 Å². The summed E-state index contributed by atoms with van der Waals surface area (Å²) in [5.74, 6) is -0.316. The van der Waals surface area contributed by atoms with Gasteiger partial charge in [-0.25, -0.2) is 4.57 Å². The van der Waals surface area contributed by atoms with Crippen molar-refractivity contribution in [2.45, 2.75) is 277 Å². The van der Waals surface area contributed by atoms with Gasteiger partial charge in [0.25, 0.3) is 0 Å². The summed E-state index contributed by atoms with van der Waals surface area (Å²) in [4.78, 5) is 23.0. The Morgan fingerprint density at radius 2 is 0.825 bits per heavy atom. The van der Waals surface area contributed by atoms with Crippen LogP contribution >= 0.6 is 7.82 Å².